The molecule has 0 spiro atoms. The van der Waals surface area contributed by atoms with Gasteiger partial charge in [-0.15, -0.1) is 0 Å². The molecule has 1 unspecified atom stereocenters. The van der Waals surface area contributed by atoms with Gasteiger partial charge in [-0.1, -0.05) is 6.42 Å². The van der Waals surface area contributed by atoms with Gasteiger partial charge >= 0.3 is 0 Å². The van der Waals surface area contributed by atoms with Gasteiger partial charge in [0.05, 0.1) is 12.3 Å². The van der Waals surface area contributed by atoms with Crippen molar-refractivity contribution < 1.29 is 13.6 Å². The van der Waals surface area contributed by atoms with E-state index < -0.39 is 0 Å². The smallest absolute Gasteiger partial charge is 0.244 e. The minimum absolute atomic E-state index is 0.0866. The summed E-state index contributed by atoms with van der Waals surface area (Å²) in [7, 11) is 0. The highest BCUT2D eigenvalue weighted by Crippen LogP contribution is 2.24. The largest absolute Gasteiger partial charge is 0.468 e. The zero-order valence-corrected chi connectivity index (χ0v) is 14.0. The van der Waals surface area contributed by atoms with Crippen molar-refractivity contribution in [2.24, 2.45) is 0 Å². The van der Waals surface area contributed by atoms with Crippen molar-refractivity contribution in [3.8, 4) is 0 Å². The van der Waals surface area contributed by atoms with E-state index in [0.717, 1.165) is 24.6 Å². The number of nitrogens with one attached hydrogen (secondary N) is 1. The first-order valence-electron chi connectivity index (χ1n) is 8.52. The molecule has 1 fully saturated rings. The zero-order valence-electron chi connectivity index (χ0n) is 14.0. The van der Waals surface area contributed by atoms with Crippen molar-refractivity contribution in [3.05, 3.63) is 53.9 Å². The number of nitrogens with zero attached hydrogens (tertiary/aromatic N) is 1. The topological polar surface area (TPSA) is 58.6 Å². The SMILES string of the molecule is Cc1ccc(C=CC(=O)NCC(c2ccco2)N2CCCCC2)o1. The van der Waals surface area contributed by atoms with Crippen LogP contribution >= 0.6 is 0 Å². The molecule has 2 aromatic heterocycles. The van der Waals surface area contributed by atoms with Gasteiger partial charge in [0.15, 0.2) is 0 Å². The molecule has 3 heterocycles. The lowest BCUT2D eigenvalue weighted by Gasteiger charge is -2.33. The van der Waals surface area contributed by atoms with E-state index in [0.29, 0.717) is 12.3 Å². The fourth-order valence-corrected chi connectivity index (χ4v) is 3.08. The summed E-state index contributed by atoms with van der Waals surface area (Å²) in [6.07, 6.45) is 8.55. The van der Waals surface area contributed by atoms with Gasteiger partial charge in [0.2, 0.25) is 5.91 Å². The average Bonchev–Trinajstić information content (AvgIpc) is 3.26. The normalized spacial score (nSPS) is 17.2. The molecule has 1 amide bonds. The number of aryl methyl sites for hydroxylation is 1. The van der Waals surface area contributed by atoms with Crippen molar-refractivity contribution in [1.82, 2.24) is 10.2 Å². The molecule has 1 aliphatic rings. The highest BCUT2D eigenvalue weighted by molar-refractivity contribution is 5.91. The first-order valence-corrected chi connectivity index (χ1v) is 8.52. The highest BCUT2D eigenvalue weighted by Gasteiger charge is 2.24. The minimum atomic E-state index is -0.127. The van der Waals surface area contributed by atoms with Gasteiger partial charge in [0.25, 0.3) is 0 Å². The third-order valence-electron chi connectivity index (χ3n) is 4.33. The summed E-state index contributed by atoms with van der Waals surface area (Å²) in [5.74, 6) is 2.29. The monoisotopic (exact) mass is 328 g/mol. The summed E-state index contributed by atoms with van der Waals surface area (Å²) in [4.78, 5) is 14.5. The van der Waals surface area contributed by atoms with Gasteiger partial charge in [-0.05, 0) is 63.2 Å². The molecule has 0 aliphatic carbocycles. The van der Waals surface area contributed by atoms with Crippen LogP contribution in [-0.2, 0) is 4.79 Å². The van der Waals surface area contributed by atoms with Crippen LogP contribution in [0.25, 0.3) is 6.08 Å². The number of furan rings is 2. The quantitative estimate of drug-likeness (QED) is 0.824. The summed E-state index contributed by atoms with van der Waals surface area (Å²) in [5, 5.41) is 2.98. The predicted octanol–water partition coefficient (Wildman–Crippen LogP) is 3.54. The Morgan fingerprint density at radius 1 is 1.29 bits per heavy atom. The molecule has 0 radical (unpaired) electrons. The van der Waals surface area contributed by atoms with Crippen LogP contribution in [0, 0.1) is 6.92 Å². The molecule has 1 aliphatic heterocycles. The van der Waals surface area contributed by atoms with E-state index in [2.05, 4.69) is 10.2 Å². The zero-order chi connectivity index (χ0) is 16.8. The molecule has 3 rings (SSSR count). The summed E-state index contributed by atoms with van der Waals surface area (Å²) >= 11 is 0. The number of hydrogen-bond donors (Lipinski definition) is 1. The lowest BCUT2D eigenvalue weighted by Crippen LogP contribution is -2.40. The van der Waals surface area contributed by atoms with Crippen molar-refractivity contribution in [2.75, 3.05) is 19.6 Å². The fraction of sp³-hybridized carbons (Fsp3) is 0.421. The molecule has 1 saturated heterocycles. The van der Waals surface area contributed by atoms with Gasteiger partial charge in [-0.3, -0.25) is 9.69 Å². The molecule has 1 atom stereocenters. The molecule has 128 valence electrons. The molecular weight excluding hydrogens is 304 g/mol. The summed E-state index contributed by atoms with van der Waals surface area (Å²) in [6.45, 7) is 4.50. The Morgan fingerprint density at radius 3 is 2.79 bits per heavy atom. The Labute approximate surface area is 142 Å². The van der Waals surface area contributed by atoms with Gasteiger partial charge < -0.3 is 14.2 Å². The third-order valence-corrected chi connectivity index (χ3v) is 4.33. The van der Waals surface area contributed by atoms with E-state index >= 15 is 0 Å². The molecule has 5 heteroatoms. The lowest BCUT2D eigenvalue weighted by molar-refractivity contribution is -0.116. The molecule has 5 nitrogen and oxygen atoms in total. The standard InChI is InChI=1S/C19H24N2O3/c1-15-7-8-16(24-15)9-10-19(22)20-14-17(18-6-5-13-23-18)21-11-3-2-4-12-21/h5-10,13,17H,2-4,11-12,14H2,1H3,(H,20,22). The van der Waals surface area contributed by atoms with Gasteiger partial charge in [-0.2, -0.15) is 0 Å². The molecule has 24 heavy (non-hydrogen) atoms. The molecule has 2 aromatic rings. The first-order chi connectivity index (χ1) is 11.7. The minimum Gasteiger partial charge on any atom is -0.468 e. The fourth-order valence-electron chi connectivity index (χ4n) is 3.08. The second-order valence-electron chi connectivity index (χ2n) is 6.15. The Hall–Kier alpha value is -2.27. The van der Waals surface area contributed by atoms with Gasteiger partial charge in [-0.25, -0.2) is 0 Å². The number of rotatable bonds is 6. The maximum atomic E-state index is 12.1. The lowest BCUT2D eigenvalue weighted by atomic mass is 10.1. The van der Waals surface area contributed by atoms with Crippen LogP contribution < -0.4 is 5.32 Å². The van der Waals surface area contributed by atoms with E-state index in [1.807, 2.05) is 31.2 Å². The maximum absolute atomic E-state index is 12.1. The second kappa shape index (κ2) is 8.02. The summed E-state index contributed by atoms with van der Waals surface area (Å²) < 4.78 is 11.0. The number of hydrogen-bond acceptors (Lipinski definition) is 4. The second-order valence-corrected chi connectivity index (χ2v) is 6.15. The van der Waals surface area contributed by atoms with E-state index in [-0.39, 0.29) is 11.9 Å². The molecule has 1 N–H and O–H groups in total. The number of likely N-dealkylation sites (tertiary alicyclic amines) is 1. The number of carbonyl (C=O) groups is 1. The van der Waals surface area contributed by atoms with E-state index in [4.69, 9.17) is 8.83 Å². The molecule has 0 saturated carbocycles. The van der Waals surface area contributed by atoms with E-state index in [9.17, 15) is 4.79 Å². The Kier molecular flexibility index (Phi) is 5.54. The van der Waals surface area contributed by atoms with Crippen LogP contribution in [0.1, 0.15) is 42.6 Å². The predicted molar refractivity (Wildman–Crippen MR) is 92.4 cm³/mol. The Morgan fingerprint density at radius 2 is 2.12 bits per heavy atom. The number of carbonyl (C=O) groups excluding carboxylic acids is 1. The van der Waals surface area contributed by atoms with Crippen LogP contribution in [0.3, 0.4) is 0 Å². The van der Waals surface area contributed by atoms with Crippen LogP contribution in [0.4, 0.5) is 0 Å². The first kappa shape index (κ1) is 16.6. The van der Waals surface area contributed by atoms with E-state index in [1.165, 1.54) is 25.3 Å². The van der Waals surface area contributed by atoms with Crippen LogP contribution in [0.5, 0.6) is 0 Å². The van der Waals surface area contributed by atoms with Crippen LogP contribution in [0.15, 0.2) is 45.4 Å². The van der Waals surface area contributed by atoms with Gasteiger partial charge in [0, 0.05) is 12.6 Å². The maximum Gasteiger partial charge on any atom is 0.244 e. The third kappa shape index (κ3) is 4.38. The number of amides is 1. The molecular formula is C19H24N2O3. The van der Waals surface area contributed by atoms with Gasteiger partial charge in [0.1, 0.15) is 17.3 Å². The van der Waals surface area contributed by atoms with Crippen molar-refractivity contribution in [1.29, 1.82) is 0 Å². The summed E-state index contributed by atoms with van der Waals surface area (Å²) in [6, 6.07) is 7.68. The summed E-state index contributed by atoms with van der Waals surface area (Å²) in [5.41, 5.74) is 0. The molecule has 0 bridgehead atoms. The van der Waals surface area contributed by atoms with E-state index in [1.54, 1.807) is 12.3 Å². The number of piperidine rings is 1. The Bertz CT molecular complexity index is 667. The molecule has 0 aromatic carbocycles. The average molecular weight is 328 g/mol. The van der Waals surface area contributed by atoms with Crippen molar-refractivity contribution in [2.45, 2.75) is 32.2 Å². The Balaban J connectivity index is 1.58. The highest BCUT2D eigenvalue weighted by atomic mass is 16.3. The van der Waals surface area contributed by atoms with Crippen molar-refractivity contribution >= 4 is 12.0 Å². The van der Waals surface area contributed by atoms with Crippen LogP contribution in [-0.4, -0.2) is 30.4 Å². The van der Waals surface area contributed by atoms with Crippen LogP contribution in [0.2, 0.25) is 0 Å². The van der Waals surface area contributed by atoms with Crippen molar-refractivity contribution in [3.63, 3.8) is 0 Å².